The van der Waals surface area contributed by atoms with Gasteiger partial charge in [-0.15, -0.1) is 0 Å². The summed E-state index contributed by atoms with van der Waals surface area (Å²) in [4.78, 5) is 21.8. The first-order chi connectivity index (χ1) is 14.0. The van der Waals surface area contributed by atoms with Gasteiger partial charge < -0.3 is 25.6 Å². The number of carbonyl (C=O) groups is 1. The van der Waals surface area contributed by atoms with Gasteiger partial charge in [-0.2, -0.15) is 0 Å². The van der Waals surface area contributed by atoms with E-state index >= 15 is 0 Å². The molecule has 4 N–H and O–H groups in total. The SMILES string of the molecule is CC(CO)(Nc1nc2c(CNC(=O)N3CCC3)cccc2[nH]1)c1cccc(Cl)c1. The molecule has 4 rings (SSSR count). The molecule has 0 aliphatic carbocycles. The quantitative estimate of drug-likeness (QED) is 0.498. The summed E-state index contributed by atoms with van der Waals surface area (Å²) >= 11 is 6.12. The van der Waals surface area contributed by atoms with Crippen molar-refractivity contribution in [2.45, 2.75) is 25.4 Å². The second kappa shape index (κ2) is 7.93. The lowest BCUT2D eigenvalue weighted by molar-refractivity contribution is 0.167. The predicted octanol–water partition coefficient (Wildman–Crippen LogP) is 3.45. The minimum absolute atomic E-state index is 0.0454. The highest BCUT2D eigenvalue weighted by Crippen LogP contribution is 2.28. The van der Waals surface area contributed by atoms with Crippen LogP contribution in [0.3, 0.4) is 0 Å². The van der Waals surface area contributed by atoms with Gasteiger partial charge in [-0.3, -0.25) is 0 Å². The van der Waals surface area contributed by atoms with Gasteiger partial charge in [0.1, 0.15) is 0 Å². The lowest BCUT2D eigenvalue weighted by Gasteiger charge is -2.30. The van der Waals surface area contributed by atoms with Crippen molar-refractivity contribution in [3.63, 3.8) is 0 Å². The summed E-state index contributed by atoms with van der Waals surface area (Å²) in [5.41, 5.74) is 2.66. The number of urea groups is 1. The molecule has 1 aromatic heterocycles. The first-order valence-electron chi connectivity index (χ1n) is 9.64. The number of anilines is 1. The Balaban J connectivity index is 1.56. The molecule has 0 spiro atoms. The molecule has 1 saturated heterocycles. The smallest absolute Gasteiger partial charge is 0.317 e. The van der Waals surface area contributed by atoms with E-state index in [4.69, 9.17) is 11.6 Å². The molecule has 8 heteroatoms. The molecule has 7 nitrogen and oxygen atoms in total. The van der Waals surface area contributed by atoms with E-state index < -0.39 is 5.54 Å². The molecular formula is C21H24ClN5O2. The summed E-state index contributed by atoms with van der Waals surface area (Å²) in [6.07, 6.45) is 1.06. The summed E-state index contributed by atoms with van der Waals surface area (Å²) in [7, 11) is 0. The summed E-state index contributed by atoms with van der Waals surface area (Å²) in [5, 5.41) is 16.9. The number of para-hydroxylation sites is 1. The Morgan fingerprint density at radius 1 is 1.31 bits per heavy atom. The van der Waals surface area contributed by atoms with Crippen LogP contribution in [0.5, 0.6) is 0 Å². The van der Waals surface area contributed by atoms with Crippen molar-refractivity contribution in [2.75, 3.05) is 25.0 Å². The number of fused-ring (bicyclic) bond motifs is 1. The number of aliphatic hydroxyl groups is 1. The number of amides is 2. The number of nitrogens with zero attached hydrogens (tertiary/aromatic N) is 2. The molecule has 3 aromatic rings. The fourth-order valence-corrected chi connectivity index (χ4v) is 3.58. The van der Waals surface area contributed by atoms with E-state index in [1.165, 1.54) is 0 Å². The number of hydrogen-bond donors (Lipinski definition) is 4. The largest absolute Gasteiger partial charge is 0.394 e. The lowest BCUT2D eigenvalue weighted by Crippen LogP contribution is -2.47. The van der Waals surface area contributed by atoms with E-state index in [0.717, 1.165) is 41.7 Å². The minimum atomic E-state index is -0.759. The topological polar surface area (TPSA) is 93.3 Å². The molecule has 2 aromatic carbocycles. The average Bonchev–Trinajstić information content (AvgIpc) is 3.07. The van der Waals surface area contributed by atoms with Crippen LogP contribution in [0.4, 0.5) is 10.7 Å². The van der Waals surface area contributed by atoms with E-state index in [1.807, 2.05) is 43.3 Å². The Kier molecular flexibility index (Phi) is 5.34. The van der Waals surface area contributed by atoms with Crippen molar-refractivity contribution < 1.29 is 9.90 Å². The summed E-state index contributed by atoms with van der Waals surface area (Å²) in [6, 6.07) is 13.2. The maximum atomic E-state index is 12.1. The van der Waals surface area contributed by atoms with Crippen molar-refractivity contribution >= 4 is 34.6 Å². The zero-order valence-electron chi connectivity index (χ0n) is 16.2. The molecule has 152 valence electrons. The first-order valence-corrected chi connectivity index (χ1v) is 10.0. The van der Waals surface area contributed by atoms with Gasteiger partial charge >= 0.3 is 6.03 Å². The second-order valence-corrected chi connectivity index (χ2v) is 7.96. The normalized spacial score (nSPS) is 15.6. The molecule has 1 fully saturated rings. The monoisotopic (exact) mass is 413 g/mol. The van der Waals surface area contributed by atoms with Crippen molar-refractivity contribution in [3.8, 4) is 0 Å². The van der Waals surface area contributed by atoms with Crippen LogP contribution < -0.4 is 10.6 Å². The van der Waals surface area contributed by atoms with Gasteiger partial charge in [0, 0.05) is 24.7 Å². The van der Waals surface area contributed by atoms with Crippen molar-refractivity contribution in [1.29, 1.82) is 0 Å². The molecule has 1 aliphatic heterocycles. The van der Waals surface area contributed by atoms with Gasteiger partial charge in [0.25, 0.3) is 0 Å². The number of imidazole rings is 1. The van der Waals surface area contributed by atoms with Crippen LogP contribution in [0.2, 0.25) is 5.02 Å². The number of H-pyrrole nitrogens is 1. The van der Waals surface area contributed by atoms with Gasteiger partial charge in [0.05, 0.1) is 23.2 Å². The summed E-state index contributed by atoms with van der Waals surface area (Å²) in [5.74, 6) is 0.540. The predicted molar refractivity (Wildman–Crippen MR) is 114 cm³/mol. The highest BCUT2D eigenvalue weighted by Gasteiger charge is 2.27. The molecule has 0 radical (unpaired) electrons. The molecule has 29 heavy (non-hydrogen) atoms. The minimum Gasteiger partial charge on any atom is -0.394 e. The Morgan fingerprint density at radius 3 is 2.79 bits per heavy atom. The van der Waals surface area contributed by atoms with Gasteiger partial charge in [0.2, 0.25) is 5.95 Å². The molecule has 1 atom stereocenters. The highest BCUT2D eigenvalue weighted by molar-refractivity contribution is 6.30. The number of aromatic amines is 1. The zero-order chi connectivity index (χ0) is 20.4. The molecule has 2 heterocycles. The number of benzene rings is 2. The maximum absolute atomic E-state index is 12.1. The van der Waals surface area contributed by atoms with Crippen LogP contribution in [0, 0.1) is 0 Å². The van der Waals surface area contributed by atoms with Crippen LogP contribution in [0.15, 0.2) is 42.5 Å². The summed E-state index contributed by atoms with van der Waals surface area (Å²) < 4.78 is 0. The van der Waals surface area contributed by atoms with Gasteiger partial charge in [-0.1, -0.05) is 35.9 Å². The zero-order valence-corrected chi connectivity index (χ0v) is 17.0. The number of aromatic nitrogens is 2. The van der Waals surface area contributed by atoms with Crippen LogP contribution in [-0.2, 0) is 12.1 Å². The fourth-order valence-electron chi connectivity index (χ4n) is 3.39. The number of rotatable bonds is 6. The number of halogens is 1. The van der Waals surface area contributed by atoms with Gasteiger partial charge in [-0.25, -0.2) is 9.78 Å². The Bertz CT molecular complexity index is 1030. The Morgan fingerprint density at radius 2 is 2.10 bits per heavy atom. The average molecular weight is 414 g/mol. The first kappa shape index (κ1) is 19.5. The lowest BCUT2D eigenvalue weighted by atomic mass is 9.93. The van der Waals surface area contributed by atoms with Crippen LogP contribution in [-0.4, -0.2) is 45.7 Å². The number of hydrogen-bond acceptors (Lipinski definition) is 4. The van der Waals surface area contributed by atoms with Gasteiger partial charge in [-0.05, 0) is 42.7 Å². The van der Waals surface area contributed by atoms with E-state index in [9.17, 15) is 9.90 Å². The molecule has 0 saturated carbocycles. The number of aliphatic hydroxyl groups excluding tert-OH is 1. The van der Waals surface area contributed by atoms with Crippen LogP contribution in [0.1, 0.15) is 24.5 Å². The Hall–Kier alpha value is -2.77. The van der Waals surface area contributed by atoms with Crippen molar-refractivity contribution in [2.24, 2.45) is 0 Å². The highest BCUT2D eigenvalue weighted by atomic mass is 35.5. The van der Waals surface area contributed by atoms with E-state index in [-0.39, 0.29) is 12.6 Å². The number of carbonyl (C=O) groups excluding carboxylic acids is 1. The molecule has 2 amide bonds. The second-order valence-electron chi connectivity index (χ2n) is 7.52. The van der Waals surface area contributed by atoms with Crippen LogP contribution in [0.25, 0.3) is 11.0 Å². The Labute approximate surface area is 174 Å². The molecule has 1 aliphatic rings. The number of nitrogens with one attached hydrogen (secondary N) is 3. The van der Waals surface area contributed by atoms with Crippen LogP contribution >= 0.6 is 11.6 Å². The molecular weight excluding hydrogens is 390 g/mol. The third-order valence-corrected chi connectivity index (χ3v) is 5.58. The fraction of sp³-hybridized carbons (Fsp3) is 0.333. The van der Waals surface area contributed by atoms with Crippen molar-refractivity contribution in [1.82, 2.24) is 20.2 Å². The molecule has 0 bridgehead atoms. The molecule has 1 unspecified atom stereocenters. The number of likely N-dealkylation sites (tertiary alicyclic amines) is 1. The van der Waals surface area contributed by atoms with E-state index in [1.54, 1.807) is 11.0 Å². The van der Waals surface area contributed by atoms with Gasteiger partial charge in [0.15, 0.2) is 0 Å². The standard InChI is InChI=1S/C21H24ClN5O2/c1-21(13-28,15-6-3-7-16(22)11-15)26-19-24-17-8-2-5-14(18(17)25-19)12-23-20(29)27-9-4-10-27/h2-3,5-8,11,28H,4,9-10,12-13H2,1H3,(H,23,29)(H2,24,25,26). The van der Waals surface area contributed by atoms with E-state index in [0.29, 0.717) is 17.5 Å². The maximum Gasteiger partial charge on any atom is 0.317 e. The third kappa shape index (κ3) is 4.02. The van der Waals surface area contributed by atoms with E-state index in [2.05, 4.69) is 20.6 Å². The van der Waals surface area contributed by atoms with Crippen molar-refractivity contribution in [3.05, 3.63) is 58.6 Å². The third-order valence-electron chi connectivity index (χ3n) is 5.34. The summed E-state index contributed by atoms with van der Waals surface area (Å²) in [6.45, 7) is 3.79.